The summed E-state index contributed by atoms with van der Waals surface area (Å²) in [6, 6.07) is 9.78. The first-order valence-electron chi connectivity index (χ1n) is 7.74. The van der Waals surface area contributed by atoms with Crippen molar-refractivity contribution in [2.45, 2.75) is 11.8 Å². The third kappa shape index (κ3) is 4.05. The van der Waals surface area contributed by atoms with Gasteiger partial charge in [-0.1, -0.05) is 17.7 Å². The van der Waals surface area contributed by atoms with Gasteiger partial charge in [-0.2, -0.15) is 4.31 Å². The molecular formula is C16H18BrN3O4S. The molecular weight excluding hydrogens is 410 g/mol. The van der Waals surface area contributed by atoms with E-state index >= 15 is 0 Å². The molecule has 1 aromatic heterocycles. The van der Waals surface area contributed by atoms with Crippen molar-refractivity contribution >= 4 is 37.9 Å². The number of urea groups is 1. The second kappa shape index (κ2) is 7.19. The van der Waals surface area contributed by atoms with E-state index in [-0.39, 0.29) is 24.0 Å². The number of piperazine rings is 1. The van der Waals surface area contributed by atoms with Crippen molar-refractivity contribution < 1.29 is 17.6 Å². The summed E-state index contributed by atoms with van der Waals surface area (Å²) in [7, 11) is -3.53. The van der Waals surface area contributed by atoms with Crippen LogP contribution in [-0.4, -0.2) is 49.8 Å². The molecule has 1 N–H and O–H groups in total. The number of halogens is 1. The number of rotatable bonds is 3. The topological polar surface area (TPSA) is 82.9 Å². The zero-order valence-corrected chi connectivity index (χ0v) is 16.0. The Morgan fingerprint density at radius 3 is 2.28 bits per heavy atom. The molecule has 0 spiro atoms. The fourth-order valence-corrected chi connectivity index (χ4v) is 4.29. The summed E-state index contributed by atoms with van der Waals surface area (Å²) in [4.78, 5) is 14.1. The lowest BCUT2D eigenvalue weighted by molar-refractivity contribution is 0.184. The normalized spacial score (nSPS) is 16.0. The highest BCUT2D eigenvalue weighted by atomic mass is 79.9. The smallest absolute Gasteiger partial charge is 0.324 e. The lowest BCUT2D eigenvalue weighted by atomic mass is 10.2. The number of sulfonamides is 1. The summed E-state index contributed by atoms with van der Waals surface area (Å²) in [5, 5.41) is 2.65. The first-order chi connectivity index (χ1) is 11.9. The Hall–Kier alpha value is -1.84. The fraction of sp³-hybridized carbons (Fsp3) is 0.312. The number of carbonyl (C=O) groups excluding carboxylic acids is 1. The molecule has 0 radical (unpaired) electrons. The van der Waals surface area contributed by atoms with Crippen LogP contribution in [0.2, 0.25) is 0 Å². The van der Waals surface area contributed by atoms with Crippen LogP contribution in [0.1, 0.15) is 5.56 Å². The number of hydrogen-bond acceptors (Lipinski definition) is 4. The number of nitrogens with zero attached hydrogens (tertiary/aromatic N) is 2. The maximum absolute atomic E-state index is 12.7. The number of anilines is 1. The molecule has 1 fully saturated rings. The van der Waals surface area contributed by atoms with E-state index in [1.807, 2.05) is 6.92 Å². The van der Waals surface area contributed by atoms with Crippen LogP contribution >= 0.6 is 15.9 Å². The monoisotopic (exact) mass is 427 g/mol. The molecule has 1 aliphatic rings. The Labute approximate surface area is 154 Å². The Balaban J connectivity index is 1.61. The van der Waals surface area contributed by atoms with E-state index in [1.54, 1.807) is 41.3 Å². The number of amides is 2. The van der Waals surface area contributed by atoms with Gasteiger partial charge in [0.1, 0.15) is 0 Å². The van der Waals surface area contributed by atoms with Gasteiger partial charge in [-0.15, -0.1) is 0 Å². The van der Waals surface area contributed by atoms with Crippen molar-refractivity contribution in [3.8, 4) is 0 Å². The van der Waals surface area contributed by atoms with Gasteiger partial charge in [0.05, 0.1) is 4.90 Å². The molecule has 1 aliphatic heterocycles. The Morgan fingerprint density at radius 1 is 1.08 bits per heavy atom. The molecule has 1 saturated heterocycles. The molecule has 0 unspecified atom stereocenters. The molecule has 0 atom stereocenters. The van der Waals surface area contributed by atoms with Gasteiger partial charge in [-0.3, -0.25) is 5.32 Å². The first kappa shape index (κ1) is 18.0. The number of benzene rings is 1. The van der Waals surface area contributed by atoms with E-state index in [9.17, 15) is 13.2 Å². The maximum Gasteiger partial charge on any atom is 0.324 e. The van der Waals surface area contributed by atoms with Crippen LogP contribution in [0.25, 0.3) is 0 Å². The lowest BCUT2D eigenvalue weighted by Gasteiger charge is -2.33. The van der Waals surface area contributed by atoms with Crippen LogP contribution in [-0.2, 0) is 10.0 Å². The van der Waals surface area contributed by atoms with Crippen molar-refractivity contribution in [1.29, 1.82) is 0 Å². The quantitative estimate of drug-likeness (QED) is 0.815. The van der Waals surface area contributed by atoms with Crippen LogP contribution < -0.4 is 5.32 Å². The lowest BCUT2D eigenvalue weighted by Crippen LogP contribution is -2.51. The zero-order valence-electron chi connectivity index (χ0n) is 13.6. The summed E-state index contributed by atoms with van der Waals surface area (Å²) in [5.74, 6) is 0.339. The van der Waals surface area contributed by atoms with Gasteiger partial charge in [0, 0.05) is 32.2 Å². The second-order valence-corrected chi connectivity index (χ2v) is 8.46. The SMILES string of the molecule is Cc1ccc(S(=O)(=O)N2CCN(C(=O)Nc3ccc(Br)o3)CC2)cc1. The predicted octanol–water partition coefficient (Wildman–Crippen LogP) is 2.89. The molecule has 2 heterocycles. The minimum atomic E-state index is -3.53. The van der Waals surface area contributed by atoms with Crippen LogP contribution in [0, 0.1) is 6.92 Å². The highest BCUT2D eigenvalue weighted by molar-refractivity contribution is 9.10. The number of carbonyl (C=O) groups is 1. The van der Waals surface area contributed by atoms with Crippen LogP contribution in [0.4, 0.5) is 10.7 Å². The van der Waals surface area contributed by atoms with Crippen molar-refractivity contribution in [3.05, 3.63) is 46.6 Å². The third-order valence-electron chi connectivity index (χ3n) is 3.99. The van der Waals surface area contributed by atoms with Crippen molar-refractivity contribution in [2.24, 2.45) is 0 Å². The summed E-state index contributed by atoms with van der Waals surface area (Å²) in [5.41, 5.74) is 1.00. The predicted molar refractivity (Wildman–Crippen MR) is 96.9 cm³/mol. The molecule has 1 aromatic carbocycles. The Morgan fingerprint density at radius 2 is 1.72 bits per heavy atom. The summed E-state index contributed by atoms with van der Waals surface area (Å²) in [6.45, 7) is 3.06. The van der Waals surface area contributed by atoms with E-state index in [4.69, 9.17) is 4.42 Å². The van der Waals surface area contributed by atoms with E-state index in [0.717, 1.165) is 5.56 Å². The summed E-state index contributed by atoms with van der Waals surface area (Å²) >= 11 is 3.17. The molecule has 2 amide bonds. The molecule has 7 nitrogen and oxygen atoms in total. The van der Waals surface area contributed by atoms with Crippen LogP contribution in [0.5, 0.6) is 0 Å². The van der Waals surface area contributed by atoms with Gasteiger partial charge in [0.25, 0.3) is 0 Å². The highest BCUT2D eigenvalue weighted by Crippen LogP contribution is 2.20. The second-order valence-electron chi connectivity index (χ2n) is 5.74. The van der Waals surface area contributed by atoms with Crippen molar-refractivity contribution in [1.82, 2.24) is 9.21 Å². The molecule has 134 valence electrons. The van der Waals surface area contributed by atoms with Crippen molar-refractivity contribution in [2.75, 3.05) is 31.5 Å². The molecule has 0 bridgehead atoms. The van der Waals surface area contributed by atoms with E-state index in [0.29, 0.717) is 23.6 Å². The van der Waals surface area contributed by atoms with Crippen molar-refractivity contribution in [3.63, 3.8) is 0 Å². The number of hydrogen-bond donors (Lipinski definition) is 1. The maximum atomic E-state index is 12.7. The largest absolute Gasteiger partial charge is 0.434 e. The average molecular weight is 428 g/mol. The molecule has 0 aliphatic carbocycles. The standard InChI is InChI=1S/C16H18BrN3O4S/c1-12-2-4-13(5-3-12)25(22,23)20-10-8-19(9-11-20)16(21)18-15-7-6-14(17)24-15/h2-7H,8-11H2,1H3,(H,18,21). The number of nitrogens with one attached hydrogen (secondary N) is 1. The minimum Gasteiger partial charge on any atom is -0.434 e. The first-order valence-corrected chi connectivity index (χ1v) is 9.98. The molecule has 25 heavy (non-hydrogen) atoms. The van der Waals surface area contributed by atoms with Gasteiger partial charge in [0.2, 0.25) is 15.9 Å². The third-order valence-corrected chi connectivity index (χ3v) is 6.33. The number of aryl methyl sites for hydroxylation is 1. The average Bonchev–Trinajstić information content (AvgIpc) is 3.00. The molecule has 9 heteroatoms. The van der Waals surface area contributed by atoms with Gasteiger partial charge < -0.3 is 9.32 Å². The zero-order chi connectivity index (χ0) is 18.0. The summed E-state index contributed by atoms with van der Waals surface area (Å²) < 4.78 is 32.5. The van der Waals surface area contributed by atoms with Gasteiger partial charge in [-0.25, -0.2) is 13.2 Å². The van der Waals surface area contributed by atoms with E-state index in [1.165, 1.54) is 4.31 Å². The van der Waals surface area contributed by atoms with Gasteiger partial charge >= 0.3 is 6.03 Å². The van der Waals surface area contributed by atoms with Gasteiger partial charge in [-0.05, 0) is 41.1 Å². The minimum absolute atomic E-state index is 0.255. The molecule has 0 saturated carbocycles. The fourth-order valence-electron chi connectivity index (χ4n) is 2.56. The number of furan rings is 1. The summed E-state index contributed by atoms with van der Waals surface area (Å²) in [6.07, 6.45) is 0. The Bertz CT molecular complexity index is 856. The van der Waals surface area contributed by atoms with Crippen LogP contribution in [0.3, 0.4) is 0 Å². The van der Waals surface area contributed by atoms with E-state index in [2.05, 4.69) is 21.2 Å². The Kier molecular flexibility index (Phi) is 5.16. The van der Waals surface area contributed by atoms with Gasteiger partial charge in [0.15, 0.2) is 4.67 Å². The highest BCUT2D eigenvalue weighted by Gasteiger charge is 2.30. The van der Waals surface area contributed by atoms with E-state index < -0.39 is 10.0 Å². The molecule has 2 aromatic rings. The molecule has 3 rings (SSSR count). The van der Waals surface area contributed by atoms with Crippen LogP contribution in [0.15, 0.2) is 50.4 Å².